The third-order valence-corrected chi connectivity index (χ3v) is 2.07. The standard InChI is InChI=1S/C9H7ClN2O3/c10-7-3-11-12(5-7)4-6-1-2-15-8(6)9(13)14/h1-3,5H,4H2,(H,13,14). The Labute approximate surface area is 89.9 Å². The minimum Gasteiger partial charge on any atom is -0.475 e. The normalized spacial score (nSPS) is 10.5. The third kappa shape index (κ3) is 2.02. The van der Waals surface area contributed by atoms with Crippen LogP contribution in [0.4, 0.5) is 0 Å². The van der Waals surface area contributed by atoms with Crippen molar-refractivity contribution in [2.75, 3.05) is 0 Å². The lowest BCUT2D eigenvalue weighted by molar-refractivity contribution is 0.0660. The molecule has 2 heterocycles. The van der Waals surface area contributed by atoms with Crippen molar-refractivity contribution in [3.63, 3.8) is 0 Å². The lowest BCUT2D eigenvalue weighted by Crippen LogP contribution is -2.04. The number of rotatable bonds is 3. The highest BCUT2D eigenvalue weighted by Gasteiger charge is 2.14. The molecule has 0 amide bonds. The van der Waals surface area contributed by atoms with E-state index in [0.29, 0.717) is 17.1 Å². The molecule has 1 N–H and O–H groups in total. The van der Waals surface area contributed by atoms with Crippen molar-refractivity contribution < 1.29 is 14.3 Å². The molecule has 0 aromatic carbocycles. The summed E-state index contributed by atoms with van der Waals surface area (Å²) in [5.41, 5.74) is 0.558. The number of nitrogens with zero attached hydrogens (tertiary/aromatic N) is 2. The zero-order valence-corrected chi connectivity index (χ0v) is 8.31. The number of aromatic carboxylic acids is 1. The largest absolute Gasteiger partial charge is 0.475 e. The Kier molecular flexibility index (Phi) is 2.47. The van der Waals surface area contributed by atoms with Gasteiger partial charge in [-0.3, -0.25) is 4.68 Å². The van der Waals surface area contributed by atoms with Crippen molar-refractivity contribution in [2.24, 2.45) is 0 Å². The van der Waals surface area contributed by atoms with Crippen LogP contribution in [0.1, 0.15) is 16.1 Å². The first-order chi connectivity index (χ1) is 7.16. The molecule has 0 spiro atoms. The monoisotopic (exact) mass is 226 g/mol. The molecule has 78 valence electrons. The molecular weight excluding hydrogens is 220 g/mol. The molecule has 5 nitrogen and oxygen atoms in total. The Morgan fingerprint density at radius 2 is 2.47 bits per heavy atom. The molecule has 0 fully saturated rings. The van der Waals surface area contributed by atoms with E-state index in [9.17, 15) is 4.79 Å². The molecular formula is C9H7ClN2O3. The van der Waals surface area contributed by atoms with Crippen LogP contribution in [0.15, 0.2) is 29.1 Å². The van der Waals surface area contributed by atoms with Gasteiger partial charge in [-0.2, -0.15) is 5.10 Å². The molecule has 0 bridgehead atoms. The summed E-state index contributed by atoms with van der Waals surface area (Å²) in [6.07, 6.45) is 4.44. The van der Waals surface area contributed by atoms with Gasteiger partial charge in [0.2, 0.25) is 5.76 Å². The van der Waals surface area contributed by atoms with E-state index in [0.717, 1.165) is 0 Å². The van der Waals surface area contributed by atoms with E-state index < -0.39 is 5.97 Å². The van der Waals surface area contributed by atoms with Crippen LogP contribution in [-0.2, 0) is 6.54 Å². The fourth-order valence-corrected chi connectivity index (χ4v) is 1.40. The number of halogens is 1. The van der Waals surface area contributed by atoms with Crippen molar-refractivity contribution in [3.05, 3.63) is 41.1 Å². The number of carboxylic acid groups (broad SMARTS) is 1. The molecule has 2 rings (SSSR count). The molecule has 2 aromatic rings. The van der Waals surface area contributed by atoms with Gasteiger partial charge in [-0.15, -0.1) is 0 Å². The Morgan fingerprint density at radius 3 is 3.07 bits per heavy atom. The van der Waals surface area contributed by atoms with Crippen molar-refractivity contribution >= 4 is 17.6 Å². The fourth-order valence-electron chi connectivity index (χ4n) is 1.25. The summed E-state index contributed by atoms with van der Waals surface area (Å²) in [4.78, 5) is 10.7. The first kappa shape index (κ1) is 9.79. The Bertz CT molecular complexity index is 489. The second kappa shape index (κ2) is 3.78. The number of carboxylic acids is 1. The van der Waals surface area contributed by atoms with Gasteiger partial charge in [-0.1, -0.05) is 11.6 Å². The SMILES string of the molecule is O=C(O)c1occc1Cn1cc(Cl)cn1. The first-order valence-corrected chi connectivity index (χ1v) is 4.52. The van der Waals surface area contributed by atoms with Crippen LogP contribution in [0.25, 0.3) is 0 Å². The Morgan fingerprint density at radius 1 is 1.67 bits per heavy atom. The number of furan rings is 1. The summed E-state index contributed by atoms with van der Waals surface area (Å²) in [5.74, 6) is -1.16. The number of hydrogen-bond donors (Lipinski definition) is 1. The van der Waals surface area contributed by atoms with Crippen molar-refractivity contribution in [1.29, 1.82) is 0 Å². The lowest BCUT2D eigenvalue weighted by atomic mass is 10.2. The van der Waals surface area contributed by atoms with Gasteiger partial charge in [-0.05, 0) is 6.07 Å². The third-order valence-electron chi connectivity index (χ3n) is 1.88. The number of carbonyl (C=O) groups is 1. The van der Waals surface area contributed by atoms with Crippen LogP contribution in [0.2, 0.25) is 5.02 Å². The fraction of sp³-hybridized carbons (Fsp3) is 0.111. The summed E-state index contributed by atoms with van der Waals surface area (Å²) >= 11 is 5.68. The lowest BCUT2D eigenvalue weighted by Gasteiger charge is -1.98. The molecule has 0 aliphatic rings. The minimum atomic E-state index is -1.09. The van der Waals surface area contributed by atoms with Crippen LogP contribution in [0, 0.1) is 0 Å². The predicted octanol–water partition coefficient (Wildman–Crippen LogP) is 1.88. The second-order valence-corrected chi connectivity index (χ2v) is 3.37. The highest BCUT2D eigenvalue weighted by molar-refractivity contribution is 6.30. The quantitative estimate of drug-likeness (QED) is 0.868. The summed E-state index contributed by atoms with van der Waals surface area (Å²) in [6.45, 7) is 0.324. The molecule has 0 aliphatic heterocycles. The van der Waals surface area contributed by atoms with Gasteiger partial charge in [0.1, 0.15) is 0 Å². The maximum Gasteiger partial charge on any atom is 0.372 e. The molecule has 0 saturated heterocycles. The van der Waals surface area contributed by atoms with E-state index in [1.54, 1.807) is 16.9 Å². The van der Waals surface area contributed by atoms with E-state index in [4.69, 9.17) is 21.1 Å². The Hall–Kier alpha value is -1.75. The van der Waals surface area contributed by atoms with Crippen LogP contribution >= 0.6 is 11.6 Å². The van der Waals surface area contributed by atoms with Gasteiger partial charge in [0.15, 0.2) is 0 Å². The molecule has 0 radical (unpaired) electrons. The maximum atomic E-state index is 10.7. The number of aromatic nitrogens is 2. The van der Waals surface area contributed by atoms with Crippen LogP contribution < -0.4 is 0 Å². The minimum absolute atomic E-state index is 0.0679. The van der Waals surface area contributed by atoms with Crippen LogP contribution in [0.5, 0.6) is 0 Å². The molecule has 0 unspecified atom stereocenters. The van der Waals surface area contributed by atoms with Gasteiger partial charge in [0, 0.05) is 11.8 Å². The molecule has 0 aliphatic carbocycles. The maximum absolute atomic E-state index is 10.7. The number of hydrogen-bond acceptors (Lipinski definition) is 3. The van der Waals surface area contributed by atoms with Crippen molar-refractivity contribution in [1.82, 2.24) is 9.78 Å². The summed E-state index contributed by atoms with van der Waals surface area (Å²) in [7, 11) is 0. The van der Waals surface area contributed by atoms with Gasteiger partial charge in [0.05, 0.1) is 24.0 Å². The van der Waals surface area contributed by atoms with E-state index >= 15 is 0 Å². The summed E-state index contributed by atoms with van der Waals surface area (Å²) < 4.78 is 6.37. The molecule has 0 atom stereocenters. The highest BCUT2D eigenvalue weighted by Crippen LogP contribution is 2.13. The van der Waals surface area contributed by atoms with E-state index in [1.807, 2.05) is 0 Å². The topological polar surface area (TPSA) is 68.3 Å². The molecule has 2 aromatic heterocycles. The molecule has 15 heavy (non-hydrogen) atoms. The predicted molar refractivity (Wildman–Crippen MR) is 52.0 cm³/mol. The Balaban J connectivity index is 2.24. The van der Waals surface area contributed by atoms with E-state index in [-0.39, 0.29) is 5.76 Å². The van der Waals surface area contributed by atoms with Gasteiger partial charge in [0.25, 0.3) is 0 Å². The van der Waals surface area contributed by atoms with Crippen LogP contribution in [-0.4, -0.2) is 20.9 Å². The zero-order valence-electron chi connectivity index (χ0n) is 7.55. The van der Waals surface area contributed by atoms with Crippen molar-refractivity contribution in [2.45, 2.75) is 6.54 Å². The molecule has 0 saturated carbocycles. The van der Waals surface area contributed by atoms with E-state index in [1.165, 1.54) is 12.5 Å². The van der Waals surface area contributed by atoms with E-state index in [2.05, 4.69) is 5.10 Å². The zero-order chi connectivity index (χ0) is 10.8. The average Bonchev–Trinajstić information content (AvgIpc) is 2.75. The average molecular weight is 227 g/mol. The molecule has 6 heteroatoms. The highest BCUT2D eigenvalue weighted by atomic mass is 35.5. The van der Waals surface area contributed by atoms with Crippen molar-refractivity contribution in [3.8, 4) is 0 Å². The van der Waals surface area contributed by atoms with Gasteiger partial charge in [-0.25, -0.2) is 4.79 Å². The first-order valence-electron chi connectivity index (χ1n) is 4.14. The second-order valence-electron chi connectivity index (χ2n) is 2.94. The summed E-state index contributed by atoms with van der Waals surface area (Å²) in [5, 5.41) is 13.2. The van der Waals surface area contributed by atoms with Gasteiger partial charge >= 0.3 is 5.97 Å². The van der Waals surface area contributed by atoms with Gasteiger partial charge < -0.3 is 9.52 Å². The summed E-state index contributed by atoms with van der Waals surface area (Å²) in [6, 6.07) is 1.60. The van der Waals surface area contributed by atoms with Crippen LogP contribution in [0.3, 0.4) is 0 Å². The smallest absolute Gasteiger partial charge is 0.372 e.